The van der Waals surface area contributed by atoms with Crippen LogP contribution in [-0.2, 0) is 23.9 Å². The number of carboxylic acids is 1. The van der Waals surface area contributed by atoms with Gasteiger partial charge in [0.1, 0.15) is 6.10 Å². The Labute approximate surface area is 276 Å². The van der Waals surface area contributed by atoms with Gasteiger partial charge in [0.05, 0.1) is 37.6 Å². The van der Waals surface area contributed by atoms with Crippen molar-refractivity contribution < 1.29 is 39.2 Å². The minimum Gasteiger partial charge on any atom is -0.481 e. The summed E-state index contributed by atoms with van der Waals surface area (Å²) in [4.78, 5) is 36.2. The van der Waals surface area contributed by atoms with E-state index in [0.29, 0.717) is 31.1 Å². The van der Waals surface area contributed by atoms with Crippen molar-refractivity contribution in [1.29, 1.82) is 0 Å². The van der Waals surface area contributed by atoms with Gasteiger partial charge in [-0.25, -0.2) is 0 Å². The third kappa shape index (κ3) is 6.10. The van der Waals surface area contributed by atoms with Crippen LogP contribution in [0.15, 0.2) is 23.3 Å². The highest BCUT2D eigenvalue weighted by molar-refractivity contribution is 5.75. The molecule has 0 unspecified atom stereocenters. The third-order valence-corrected chi connectivity index (χ3v) is 14.0. The first kappa shape index (κ1) is 36.6. The highest BCUT2D eigenvalue weighted by Crippen LogP contribution is 2.72. The molecule has 0 aromatic heterocycles. The molecule has 0 saturated heterocycles. The fraction of sp³-hybridized carbons (Fsp3) is 0.816. The summed E-state index contributed by atoms with van der Waals surface area (Å²) in [5.74, 6) is -1.52. The van der Waals surface area contributed by atoms with E-state index >= 15 is 0 Å². The molecule has 0 aromatic rings. The number of fused-ring (bicyclic) bond motifs is 4. The number of aliphatic carboxylic acids is 1. The van der Waals surface area contributed by atoms with Crippen LogP contribution in [0.25, 0.3) is 0 Å². The van der Waals surface area contributed by atoms with E-state index in [1.165, 1.54) is 19.6 Å². The molecule has 8 nitrogen and oxygen atoms in total. The van der Waals surface area contributed by atoms with Gasteiger partial charge in [0.15, 0.2) is 0 Å². The summed E-state index contributed by atoms with van der Waals surface area (Å²) >= 11 is 0. The number of rotatable bonds is 11. The Morgan fingerprint density at radius 3 is 2.24 bits per heavy atom. The predicted molar refractivity (Wildman–Crippen MR) is 177 cm³/mol. The molecular formula is C38H60O8. The molecule has 4 rings (SSSR count). The van der Waals surface area contributed by atoms with Crippen LogP contribution in [-0.4, -0.2) is 58.1 Å². The molecule has 10 atom stereocenters. The number of carbonyl (C=O) groups excluding carboxylic acids is 2. The highest BCUT2D eigenvalue weighted by atomic mass is 16.5. The lowest BCUT2D eigenvalue weighted by molar-refractivity contribution is -0.175. The van der Waals surface area contributed by atoms with E-state index in [1.807, 2.05) is 0 Å². The van der Waals surface area contributed by atoms with Gasteiger partial charge < -0.3 is 24.8 Å². The summed E-state index contributed by atoms with van der Waals surface area (Å²) in [5.41, 5.74) is 1.38. The Hall–Kier alpha value is -2.19. The van der Waals surface area contributed by atoms with Crippen LogP contribution in [0.4, 0.5) is 0 Å². The van der Waals surface area contributed by atoms with E-state index in [1.54, 1.807) is 12.5 Å². The van der Waals surface area contributed by atoms with Crippen molar-refractivity contribution in [3.63, 3.8) is 0 Å². The van der Waals surface area contributed by atoms with Gasteiger partial charge in [-0.05, 0) is 100 Å². The van der Waals surface area contributed by atoms with E-state index in [-0.39, 0.29) is 46.5 Å². The van der Waals surface area contributed by atoms with Gasteiger partial charge in [-0.15, -0.1) is 0 Å². The molecule has 4 aliphatic carbocycles. The first-order valence-electron chi connectivity index (χ1n) is 17.5. The number of aliphatic hydroxyl groups excluding tert-OH is 1. The number of allylic oxidation sites excluding steroid dienone is 1. The number of methoxy groups -OCH3 is 1. The number of ether oxygens (including phenoxy) is 2. The van der Waals surface area contributed by atoms with Gasteiger partial charge in [0, 0.05) is 10.8 Å². The zero-order valence-electron chi connectivity index (χ0n) is 29.8. The van der Waals surface area contributed by atoms with E-state index in [4.69, 9.17) is 4.74 Å². The van der Waals surface area contributed by atoms with E-state index in [0.717, 1.165) is 44.1 Å². The second-order valence-corrected chi connectivity index (χ2v) is 16.9. The largest absolute Gasteiger partial charge is 0.481 e. The Morgan fingerprint density at radius 1 is 1.00 bits per heavy atom. The predicted octanol–water partition coefficient (Wildman–Crippen LogP) is 7.02. The van der Waals surface area contributed by atoms with Crippen molar-refractivity contribution in [3.05, 3.63) is 23.3 Å². The molecule has 46 heavy (non-hydrogen) atoms. The number of hydrogen-bond acceptors (Lipinski definition) is 7. The molecule has 4 aliphatic rings. The number of carboxylic acid groups (broad SMARTS) is 1. The van der Waals surface area contributed by atoms with Crippen molar-refractivity contribution in [1.82, 2.24) is 0 Å². The minimum absolute atomic E-state index is 0.114. The molecule has 0 radical (unpaired) electrons. The zero-order valence-corrected chi connectivity index (χ0v) is 29.8. The maximum absolute atomic E-state index is 13.0. The summed E-state index contributed by atoms with van der Waals surface area (Å²) < 4.78 is 10.7. The SMILES string of the molecule is C=C(CC[C@@H](C)[C@H]1CC[C@@]2(C)C3=C(C[C@H](O)[C@]12C)[C@@]1(C)CC[C@@H](OC(=O)C[C@](C)(O)CC(=O)OC)C(C)(C)[C@@H]1CC3)[C@H](C)C(=O)O. The van der Waals surface area contributed by atoms with Crippen molar-refractivity contribution in [2.75, 3.05) is 7.11 Å². The Kier molecular flexibility index (Phi) is 10.1. The van der Waals surface area contributed by atoms with Crippen molar-refractivity contribution in [2.24, 2.45) is 45.3 Å². The summed E-state index contributed by atoms with van der Waals surface area (Å²) in [7, 11) is 1.26. The number of carbonyl (C=O) groups is 3. The Morgan fingerprint density at radius 2 is 1.63 bits per heavy atom. The van der Waals surface area contributed by atoms with Crippen LogP contribution in [0, 0.1) is 45.3 Å². The molecule has 8 heteroatoms. The first-order chi connectivity index (χ1) is 21.2. The Bertz CT molecular complexity index is 1260. The van der Waals surface area contributed by atoms with Crippen LogP contribution in [0.2, 0.25) is 0 Å². The molecular weight excluding hydrogens is 584 g/mol. The van der Waals surface area contributed by atoms with Crippen molar-refractivity contribution in [2.45, 2.75) is 144 Å². The maximum atomic E-state index is 13.0. The lowest BCUT2D eigenvalue weighted by atomic mass is 9.42. The van der Waals surface area contributed by atoms with Gasteiger partial charge >= 0.3 is 17.9 Å². The van der Waals surface area contributed by atoms with E-state index < -0.39 is 35.5 Å². The maximum Gasteiger partial charge on any atom is 0.310 e. The standard InChI is InChI=1S/C38H60O8/c1-22(24(3)33(42)43)11-12-23(2)25-15-18-37(8)26-13-14-28-34(4,5)30(46-32(41)21-35(6,44)20-31(40)45-10)16-17-36(28,7)27(26)19-29(39)38(25,37)9/h23-25,28-30,39,44H,1,11-21H2,2-10H3,(H,42,43)/t23-,24+,25-,28+,29+,30-,35-,36-,37+,38+/m1/s1. The summed E-state index contributed by atoms with van der Waals surface area (Å²) in [5, 5.41) is 32.2. The van der Waals surface area contributed by atoms with Crippen molar-refractivity contribution >= 4 is 17.9 Å². The summed E-state index contributed by atoms with van der Waals surface area (Å²) in [6.45, 7) is 21.0. The summed E-state index contributed by atoms with van der Waals surface area (Å²) in [6, 6.07) is 0. The number of esters is 2. The number of hydrogen-bond donors (Lipinski definition) is 3. The van der Waals surface area contributed by atoms with Crippen LogP contribution >= 0.6 is 0 Å². The van der Waals surface area contributed by atoms with Crippen molar-refractivity contribution in [3.8, 4) is 0 Å². The molecule has 0 spiro atoms. The molecule has 2 fully saturated rings. The van der Waals surface area contributed by atoms with Gasteiger partial charge in [-0.2, -0.15) is 0 Å². The zero-order chi connectivity index (χ0) is 34.6. The van der Waals surface area contributed by atoms with Crippen LogP contribution in [0.5, 0.6) is 0 Å². The molecule has 260 valence electrons. The third-order valence-electron chi connectivity index (χ3n) is 14.0. The molecule has 2 saturated carbocycles. The van der Waals surface area contributed by atoms with E-state index in [2.05, 4.69) is 52.9 Å². The molecule has 0 amide bonds. The Balaban J connectivity index is 1.54. The molecule has 0 heterocycles. The lowest BCUT2D eigenvalue weighted by Crippen LogP contribution is -2.58. The smallest absolute Gasteiger partial charge is 0.310 e. The van der Waals surface area contributed by atoms with Gasteiger partial charge in [-0.1, -0.05) is 64.8 Å². The second-order valence-electron chi connectivity index (χ2n) is 16.9. The fourth-order valence-corrected chi connectivity index (χ4v) is 10.8. The highest BCUT2D eigenvalue weighted by Gasteiger charge is 2.66. The minimum atomic E-state index is -1.54. The first-order valence-corrected chi connectivity index (χ1v) is 17.5. The molecule has 3 N–H and O–H groups in total. The van der Waals surface area contributed by atoms with Crippen LogP contribution in [0.1, 0.15) is 126 Å². The van der Waals surface area contributed by atoms with Gasteiger partial charge in [0.2, 0.25) is 0 Å². The second kappa shape index (κ2) is 12.7. The average Bonchev–Trinajstić information content (AvgIpc) is 3.25. The van der Waals surface area contributed by atoms with Crippen LogP contribution < -0.4 is 0 Å². The normalized spacial score (nSPS) is 37.5. The molecule has 0 aromatic carbocycles. The van der Waals surface area contributed by atoms with Gasteiger partial charge in [0.25, 0.3) is 0 Å². The average molecular weight is 645 g/mol. The molecule has 0 bridgehead atoms. The lowest BCUT2D eigenvalue weighted by Gasteiger charge is -2.63. The number of aliphatic hydroxyl groups is 2. The van der Waals surface area contributed by atoms with Crippen LogP contribution in [0.3, 0.4) is 0 Å². The van der Waals surface area contributed by atoms with Gasteiger partial charge in [-0.3, -0.25) is 14.4 Å². The fourth-order valence-electron chi connectivity index (χ4n) is 10.8. The van der Waals surface area contributed by atoms with E-state index in [9.17, 15) is 29.7 Å². The quantitative estimate of drug-likeness (QED) is 0.162. The topological polar surface area (TPSA) is 130 Å². The monoisotopic (exact) mass is 644 g/mol. The summed E-state index contributed by atoms with van der Waals surface area (Å²) in [6.07, 6.45) is 6.50. The molecule has 0 aliphatic heterocycles.